The quantitative estimate of drug-likeness (QED) is 0.0174. The summed E-state index contributed by atoms with van der Waals surface area (Å²) in [7, 11) is 2.33. The SMILES string of the molecule is CC1(C)OB(c2ccc(N)c(S(C)(=O)=O)c2)OC1(C)C.CCC(=O)C(=O)OC.COC(=O)C(=O)C(C)Br.COC(=O)c1nc(Br)sc1C.COC(=O)c1nc(Br)sc1C.COC(=O)c1nc(N)sc1C.COCc1nc(-c2ccc(N)c(S(C)(=O)=O)c2)sc1C.COCc1nc(Br)sc1C.Cc1sc(Br)nc1CO. The number of ether oxygens (including phenoxy) is 7. The van der Waals surface area contributed by atoms with E-state index in [9.17, 15) is 50.4 Å². The smallest absolute Gasteiger partial charge is 0.464 e. The first-order valence-electron chi connectivity index (χ1n) is 30.9. The molecule has 0 radical (unpaired) electrons. The number of hydrogen-bond donors (Lipinski definition) is 4. The lowest BCUT2D eigenvalue weighted by atomic mass is 9.79. The Bertz CT molecular complexity index is 4450. The van der Waals surface area contributed by atoms with Gasteiger partial charge in [0.15, 0.2) is 57.6 Å². The lowest BCUT2D eigenvalue weighted by Crippen LogP contribution is -2.41. The van der Waals surface area contributed by atoms with Crippen LogP contribution in [0.15, 0.2) is 61.9 Å². The summed E-state index contributed by atoms with van der Waals surface area (Å²) in [5, 5.41) is 9.81. The molecule has 6 aromatic heterocycles. The zero-order chi connectivity index (χ0) is 84.0. The van der Waals surface area contributed by atoms with Gasteiger partial charge in [0.25, 0.3) is 5.78 Å². The number of halogens is 5. The zero-order valence-corrected chi connectivity index (χ0v) is 77.6. The van der Waals surface area contributed by atoms with Gasteiger partial charge in [-0.05, 0) is 176 Å². The number of Topliss-reactive ketones (excluding diaryl/α,β-unsaturated/α-hetero) is 2. The molecular weight excluding hydrogens is 1910 g/mol. The Balaban J connectivity index is 0.000000626. The molecule has 30 nitrogen and oxygen atoms in total. The van der Waals surface area contributed by atoms with Crippen molar-refractivity contribution in [1.29, 1.82) is 0 Å². The molecule has 8 aromatic rings. The molecular formula is C65H85BBr5N9O21S8. The van der Waals surface area contributed by atoms with Crippen LogP contribution in [0.2, 0.25) is 0 Å². The highest BCUT2D eigenvalue weighted by molar-refractivity contribution is 9.11. The fraction of sp³-hybridized carbons (Fsp3) is 0.431. The second-order valence-electron chi connectivity index (χ2n) is 22.6. The zero-order valence-electron chi connectivity index (χ0n) is 63.1. The molecule has 44 heteroatoms. The Morgan fingerprint density at radius 2 is 0.890 bits per heavy atom. The van der Waals surface area contributed by atoms with Crippen LogP contribution >= 0.6 is 148 Å². The number of rotatable bonds is 16. The highest BCUT2D eigenvalue weighted by atomic mass is 79.9. The Morgan fingerprint density at radius 3 is 1.19 bits per heavy atom. The van der Waals surface area contributed by atoms with E-state index >= 15 is 0 Å². The van der Waals surface area contributed by atoms with E-state index in [4.69, 9.17) is 41.1 Å². The van der Waals surface area contributed by atoms with Crippen LogP contribution in [-0.4, -0.2) is 179 Å². The van der Waals surface area contributed by atoms with Gasteiger partial charge in [-0.15, -0.1) is 68.0 Å². The van der Waals surface area contributed by atoms with Crippen molar-refractivity contribution in [1.82, 2.24) is 29.9 Å². The maximum Gasteiger partial charge on any atom is 0.494 e. The van der Waals surface area contributed by atoms with E-state index in [2.05, 4.69) is 133 Å². The van der Waals surface area contributed by atoms with Crippen molar-refractivity contribution in [3.8, 4) is 10.6 Å². The standard InChI is InChI=1S/C13H20BNO4S.C13H16N2O3S2.2C6H6BrNO2S.C6H8BrNOS.C6H8N2O2S.C5H6BrNOS.C5H7BrO3.C5H8O3/c1-12(2)13(3,4)19-14(18-12)9-6-7-10(15)11(8-9)20(5,16)17;1-8-11(7-18-2)15-13(19-8)9-4-5-10(14)12(6-9)20(3,16)17;2*1-3-4(5(9)10-2)8-6(7)11-3;1-4-5(3-9-2)8-6(7)10-4;1-3-4(5(9)10-2)8-6(7)11-3;1-3-4(2-8)7-5(6)9-3;1-3(6)4(7)5(8)9-2;1-3-4(6)5(7)8-2/h6-8H,15H2,1-5H3;4-6H,7,14H2,1-3H3;2*1-2H3;3H2,1-2H3;1-2H3,(H2,7,8);8H,2H2,1H3;3H,1-2H3;3H2,1-2H3. The number of carbonyl (C=O) groups is 7. The van der Waals surface area contributed by atoms with E-state index in [0.29, 0.717) is 48.7 Å². The van der Waals surface area contributed by atoms with Gasteiger partial charge in [-0.3, -0.25) is 9.59 Å². The van der Waals surface area contributed by atoms with Crippen LogP contribution in [0.1, 0.15) is 126 Å². The molecule has 7 heterocycles. The van der Waals surface area contributed by atoms with E-state index in [1.165, 1.54) is 103 Å². The van der Waals surface area contributed by atoms with E-state index in [1.54, 1.807) is 76.7 Å². The lowest BCUT2D eigenvalue weighted by Gasteiger charge is -2.32. The normalized spacial score (nSPS) is 12.4. The fourth-order valence-electron chi connectivity index (χ4n) is 7.54. The number of nitrogen functional groups attached to an aromatic ring is 3. The topological polar surface area (TPSA) is 446 Å². The molecule has 1 aliphatic rings. The van der Waals surface area contributed by atoms with Crippen molar-refractivity contribution < 1.29 is 98.0 Å². The van der Waals surface area contributed by atoms with Crippen molar-refractivity contribution in [2.45, 2.75) is 135 Å². The van der Waals surface area contributed by atoms with Crippen LogP contribution in [0, 0.1) is 41.5 Å². The van der Waals surface area contributed by atoms with Crippen molar-refractivity contribution in [2.75, 3.05) is 79.5 Å². The largest absolute Gasteiger partial charge is 0.494 e. The van der Waals surface area contributed by atoms with Crippen LogP contribution in [0.3, 0.4) is 0 Å². The Kier molecular flexibility index (Phi) is 44.6. The third-order valence-corrected chi connectivity index (χ3v) is 24.3. The van der Waals surface area contributed by atoms with Crippen molar-refractivity contribution in [3.05, 3.63) is 115 Å². The van der Waals surface area contributed by atoms with Gasteiger partial charge in [0.2, 0.25) is 5.78 Å². The van der Waals surface area contributed by atoms with Crippen LogP contribution in [0.25, 0.3) is 10.6 Å². The summed E-state index contributed by atoms with van der Waals surface area (Å²) < 4.78 is 93.6. The van der Waals surface area contributed by atoms with Gasteiger partial charge in [0.05, 0.1) is 110 Å². The van der Waals surface area contributed by atoms with Crippen LogP contribution in [0.5, 0.6) is 0 Å². The summed E-state index contributed by atoms with van der Waals surface area (Å²) in [5.41, 5.74) is 21.5. The summed E-state index contributed by atoms with van der Waals surface area (Å²) in [6.07, 6.45) is 2.49. The molecule has 0 saturated carbocycles. The van der Waals surface area contributed by atoms with E-state index in [0.717, 1.165) is 72.4 Å². The number of ketones is 2. The number of sulfone groups is 2. The molecule has 0 amide bonds. The molecule has 1 aliphatic heterocycles. The third-order valence-electron chi connectivity index (χ3n) is 13.9. The first-order chi connectivity index (χ1) is 50.5. The molecule has 109 heavy (non-hydrogen) atoms. The molecule has 0 bridgehead atoms. The third kappa shape index (κ3) is 33.6. The number of aliphatic hydroxyl groups is 1. The number of anilines is 3. The van der Waals surface area contributed by atoms with Crippen LogP contribution < -0.4 is 22.7 Å². The molecule has 1 unspecified atom stereocenters. The maximum absolute atomic E-state index is 11.7. The number of aryl methyl sites for hydroxylation is 6. The van der Waals surface area contributed by atoms with Gasteiger partial charge in [-0.1, -0.05) is 28.9 Å². The first-order valence-corrected chi connectivity index (χ1v) is 43.7. The van der Waals surface area contributed by atoms with Gasteiger partial charge < -0.3 is 64.8 Å². The summed E-state index contributed by atoms with van der Waals surface area (Å²) in [4.78, 5) is 104. The molecule has 1 atom stereocenters. The Labute approximate surface area is 699 Å². The molecule has 9 rings (SSSR count). The number of benzene rings is 2. The number of carbonyl (C=O) groups excluding carboxylic acids is 7. The molecule has 2 aromatic carbocycles. The summed E-state index contributed by atoms with van der Waals surface area (Å²) in [6.45, 7) is 23.4. The highest BCUT2D eigenvalue weighted by Gasteiger charge is 2.52. The highest BCUT2D eigenvalue weighted by Crippen LogP contribution is 2.37. The minimum atomic E-state index is -3.38. The summed E-state index contributed by atoms with van der Waals surface area (Å²) >= 11 is 24.6. The predicted octanol–water partition coefficient (Wildman–Crippen LogP) is 12.8. The molecule has 1 fully saturated rings. The first kappa shape index (κ1) is 101. The van der Waals surface area contributed by atoms with Crippen molar-refractivity contribution in [2.24, 2.45) is 0 Å². The Morgan fingerprint density at radius 1 is 0.523 bits per heavy atom. The number of aliphatic hydroxyl groups excluding tert-OH is 1. The van der Waals surface area contributed by atoms with E-state index < -0.39 is 72.3 Å². The fourth-order valence-corrected chi connectivity index (χ4v) is 17.2. The van der Waals surface area contributed by atoms with Gasteiger partial charge >= 0.3 is 37.0 Å². The van der Waals surface area contributed by atoms with E-state index in [1.807, 2.05) is 62.3 Å². The minimum Gasteiger partial charge on any atom is -0.464 e. The average Bonchev–Trinajstić information content (AvgIpc) is 1.63. The van der Waals surface area contributed by atoms with Gasteiger partial charge in [-0.25, -0.2) is 70.7 Å². The van der Waals surface area contributed by atoms with Gasteiger partial charge in [0, 0.05) is 68.0 Å². The number of thiazole rings is 6. The second-order valence-corrected chi connectivity index (χ2v) is 40.3. The summed E-state index contributed by atoms with van der Waals surface area (Å²) in [5.74, 6) is -3.80. The lowest BCUT2D eigenvalue weighted by molar-refractivity contribution is -0.151. The number of alkyl halides is 1. The number of methoxy groups -OCH3 is 7. The second kappa shape index (κ2) is 47.9. The number of hydrogen-bond acceptors (Lipinski definition) is 36. The summed E-state index contributed by atoms with van der Waals surface area (Å²) in [6, 6.07) is 9.76. The number of esters is 5. The van der Waals surface area contributed by atoms with E-state index in [-0.39, 0.29) is 46.1 Å². The van der Waals surface area contributed by atoms with Gasteiger partial charge in [0.1, 0.15) is 5.01 Å². The number of nitrogens with two attached hydrogens (primary N) is 3. The Hall–Kier alpha value is -5.53. The maximum atomic E-state index is 11.7. The van der Waals surface area contributed by atoms with Crippen molar-refractivity contribution in [3.63, 3.8) is 0 Å². The van der Waals surface area contributed by atoms with Crippen LogP contribution in [-0.2, 0) is 101 Å². The molecule has 0 spiro atoms. The van der Waals surface area contributed by atoms with Crippen LogP contribution in [0.4, 0.5) is 16.5 Å². The van der Waals surface area contributed by atoms with Gasteiger partial charge in [-0.2, -0.15) is 0 Å². The molecule has 0 aliphatic carbocycles. The molecule has 602 valence electrons. The number of nitrogens with zero attached hydrogens (tertiary/aromatic N) is 6. The average molecular weight is 2000 g/mol. The number of aromatic nitrogens is 6. The monoisotopic (exact) mass is 1990 g/mol. The predicted molar refractivity (Wildman–Crippen MR) is 443 cm³/mol. The van der Waals surface area contributed by atoms with Crippen molar-refractivity contribution >= 4 is 238 Å². The molecule has 7 N–H and O–H groups in total. The minimum absolute atomic E-state index is 0.0356. The molecule has 1 saturated heterocycles.